The topological polar surface area (TPSA) is 38.8 Å². The van der Waals surface area contributed by atoms with Crippen molar-refractivity contribution in [3.63, 3.8) is 0 Å². The quantitative estimate of drug-likeness (QED) is 0.693. The molecule has 1 fully saturated rings. The maximum Gasteiger partial charge on any atom is 0.410 e. The molecule has 1 amide bonds. The Kier molecular flexibility index (Phi) is 5.33. The van der Waals surface area contributed by atoms with E-state index >= 15 is 0 Å². The van der Waals surface area contributed by atoms with Gasteiger partial charge in [-0.2, -0.15) is 0 Å². The second-order valence-corrected chi connectivity index (χ2v) is 7.41. The molecule has 2 bridgehead atoms. The number of nitrogens with zero attached hydrogens (tertiary/aromatic N) is 1. The van der Waals surface area contributed by atoms with Gasteiger partial charge in [-0.1, -0.05) is 42.0 Å². The average Bonchev–Trinajstić information content (AvgIpc) is 2.98. The summed E-state index contributed by atoms with van der Waals surface area (Å²) in [6, 6.07) is 14.5. The number of methoxy groups -OCH3 is 1. The molecule has 0 radical (unpaired) electrons. The van der Waals surface area contributed by atoms with E-state index in [1.807, 2.05) is 35.2 Å². The van der Waals surface area contributed by atoms with E-state index in [2.05, 4.69) is 6.08 Å². The number of benzene rings is 2. The number of hydrogen-bond donors (Lipinski definition) is 0. The Labute approximate surface area is 164 Å². The summed E-state index contributed by atoms with van der Waals surface area (Å²) in [5, 5.41) is 0. The van der Waals surface area contributed by atoms with Crippen LogP contribution in [0, 0.1) is 5.82 Å². The summed E-state index contributed by atoms with van der Waals surface area (Å²) in [5.74, 6) is 0.431. The molecule has 0 saturated carbocycles. The molecular formula is C23H24FNO3. The third-order valence-electron chi connectivity index (χ3n) is 5.55. The van der Waals surface area contributed by atoms with Gasteiger partial charge in [-0.05, 0) is 49.4 Å². The van der Waals surface area contributed by atoms with Crippen molar-refractivity contribution in [1.29, 1.82) is 0 Å². The number of hydrogen-bond acceptors (Lipinski definition) is 3. The molecule has 0 aliphatic carbocycles. The Hall–Kier alpha value is -2.82. The molecule has 2 aliphatic rings. The number of ether oxygens (including phenoxy) is 2. The van der Waals surface area contributed by atoms with E-state index in [9.17, 15) is 9.18 Å². The van der Waals surface area contributed by atoms with Gasteiger partial charge in [0.25, 0.3) is 0 Å². The first-order valence-corrected chi connectivity index (χ1v) is 9.65. The number of amides is 1. The molecule has 0 spiro atoms. The Morgan fingerprint density at radius 3 is 2.75 bits per heavy atom. The fraction of sp³-hybridized carbons (Fsp3) is 0.348. The number of rotatable bonds is 5. The number of fused-ring (bicyclic) bond motifs is 2. The van der Waals surface area contributed by atoms with E-state index in [1.54, 1.807) is 13.2 Å². The predicted octanol–water partition coefficient (Wildman–Crippen LogP) is 4.88. The van der Waals surface area contributed by atoms with Gasteiger partial charge in [0.05, 0.1) is 13.2 Å². The first kappa shape index (κ1) is 18.5. The molecule has 146 valence electrons. The smallest absolute Gasteiger partial charge is 0.410 e. The maximum atomic E-state index is 13.7. The van der Waals surface area contributed by atoms with Crippen LogP contribution in [0.25, 0.3) is 0 Å². The molecule has 28 heavy (non-hydrogen) atoms. The van der Waals surface area contributed by atoms with Crippen molar-refractivity contribution in [2.24, 2.45) is 0 Å². The summed E-state index contributed by atoms with van der Waals surface area (Å²) in [5.41, 5.74) is 3.05. The summed E-state index contributed by atoms with van der Waals surface area (Å²) in [4.78, 5) is 14.5. The van der Waals surface area contributed by atoms with Crippen LogP contribution in [0.1, 0.15) is 30.4 Å². The fourth-order valence-electron chi connectivity index (χ4n) is 4.26. The van der Waals surface area contributed by atoms with E-state index in [-0.39, 0.29) is 30.6 Å². The van der Waals surface area contributed by atoms with Crippen LogP contribution < -0.4 is 4.74 Å². The molecule has 2 unspecified atom stereocenters. The third kappa shape index (κ3) is 3.88. The predicted molar refractivity (Wildman–Crippen MR) is 105 cm³/mol. The summed E-state index contributed by atoms with van der Waals surface area (Å²) in [6.07, 6.45) is 5.23. The Morgan fingerprint density at radius 2 is 2.00 bits per heavy atom. The van der Waals surface area contributed by atoms with Crippen LogP contribution in [-0.4, -0.2) is 30.2 Å². The van der Waals surface area contributed by atoms with Gasteiger partial charge in [-0.15, -0.1) is 0 Å². The van der Waals surface area contributed by atoms with Crippen LogP contribution in [0.2, 0.25) is 0 Å². The van der Waals surface area contributed by atoms with Crippen molar-refractivity contribution in [3.05, 3.63) is 77.1 Å². The lowest BCUT2D eigenvalue weighted by atomic mass is 9.95. The van der Waals surface area contributed by atoms with E-state index in [1.165, 1.54) is 17.7 Å². The Morgan fingerprint density at radius 1 is 1.18 bits per heavy atom. The van der Waals surface area contributed by atoms with Gasteiger partial charge in [0.2, 0.25) is 0 Å². The van der Waals surface area contributed by atoms with Gasteiger partial charge in [-0.3, -0.25) is 4.90 Å². The van der Waals surface area contributed by atoms with Crippen molar-refractivity contribution in [3.8, 4) is 5.75 Å². The lowest BCUT2D eigenvalue weighted by Crippen LogP contribution is -2.43. The lowest BCUT2D eigenvalue weighted by Gasteiger charge is -2.33. The van der Waals surface area contributed by atoms with Gasteiger partial charge in [0.1, 0.15) is 18.2 Å². The van der Waals surface area contributed by atoms with Crippen molar-refractivity contribution in [1.82, 2.24) is 4.90 Å². The molecule has 0 N–H and O–H groups in total. The van der Waals surface area contributed by atoms with E-state index in [4.69, 9.17) is 9.47 Å². The zero-order valence-electron chi connectivity index (χ0n) is 15.9. The van der Waals surface area contributed by atoms with E-state index < -0.39 is 0 Å². The molecule has 5 heteroatoms. The van der Waals surface area contributed by atoms with Crippen molar-refractivity contribution in [2.45, 2.75) is 44.4 Å². The van der Waals surface area contributed by atoms with Crippen LogP contribution in [0.15, 0.2) is 60.2 Å². The second-order valence-electron chi connectivity index (χ2n) is 7.41. The minimum absolute atomic E-state index is 0.0524. The maximum absolute atomic E-state index is 13.7. The van der Waals surface area contributed by atoms with E-state index in [0.717, 1.165) is 30.4 Å². The van der Waals surface area contributed by atoms with Crippen LogP contribution >= 0.6 is 0 Å². The molecule has 2 aromatic rings. The highest BCUT2D eigenvalue weighted by Gasteiger charge is 2.40. The SMILES string of the molecule is COc1ccc(F)cc1CC1=CC2CCC(C1)N2C(=O)OCc1ccccc1. The lowest BCUT2D eigenvalue weighted by molar-refractivity contribution is 0.0815. The van der Waals surface area contributed by atoms with Crippen LogP contribution in [0.5, 0.6) is 5.75 Å². The number of halogens is 1. The largest absolute Gasteiger partial charge is 0.496 e. The van der Waals surface area contributed by atoms with Crippen molar-refractivity contribution < 1.29 is 18.7 Å². The number of carbonyl (C=O) groups is 1. The van der Waals surface area contributed by atoms with Gasteiger partial charge in [0, 0.05) is 11.6 Å². The first-order chi connectivity index (χ1) is 13.6. The molecular weight excluding hydrogens is 357 g/mol. The van der Waals surface area contributed by atoms with Crippen molar-refractivity contribution in [2.75, 3.05) is 7.11 Å². The zero-order chi connectivity index (χ0) is 19.5. The van der Waals surface area contributed by atoms with Crippen molar-refractivity contribution >= 4 is 6.09 Å². The van der Waals surface area contributed by atoms with Gasteiger partial charge >= 0.3 is 6.09 Å². The Balaban J connectivity index is 1.43. The highest BCUT2D eigenvalue weighted by molar-refractivity contribution is 5.70. The van der Waals surface area contributed by atoms with Gasteiger partial charge in [-0.25, -0.2) is 9.18 Å². The fourth-order valence-corrected chi connectivity index (χ4v) is 4.26. The zero-order valence-corrected chi connectivity index (χ0v) is 15.9. The molecule has 0 aromatic heterocycles. The van der Waals surface area contributed by atoms with E-state index in [0.29, 0.717) is 12.2 Å². The minimum atomic E-state index is -0.263. The van der Waals surface area contributed by atoms with Gasteiger partial charge < -0.3 is 9.47 Å². The first-order valence-electron chi connectivity index (χ1n) is 9.65. The van der Waals surface area contributed by atoms with Crippen LogP contribution in [-0.2, 0) is 17.8 Å². The highest BCUT2D eigenvalue weighted by Crippen LogP contribution is 2.37. The third-order valence-corrected chi connectivity index (χ3v) is 5.55. The summed E-state index contributed by atoms with van der Waals surface area (Å²) < 4.78 is 24.6. The molecule has 2 heterocycles. The molecule has 4 rings (SSSR count). The summed E-state index contributed by atoms with van der Waals surface area (Å²) >= 11 is 0. The van der Waals surface area contributed by atoms with Gasteiger partial charge in [0.15, 0.2) is 0 Å². The Bertz CT molecular complexity index is 881. The standard InChI is InChI=1S/C23H24FNO3/c1-27-22-10-7-19(24)14-18(22)11-17-12-20-8-9-21(13-17)25(20)23(26)28-15-16-5-3-2-4-6-16/h2-7,10,12,14,20-21H,8-9,11,13,15H2,1H3. The average molecular weight is 381 g/mol. The summed E-state index contributed by atoms with van der Waals surface area (Å²) in [7, 11) is 1.60. The molecule has 2 aliphatic heterocycles. The molecule has 2 atom stereocenters. The van der Waals surface area contributed by atoms with Crippen LogP contribution in [0.4, 0.5) is 9.18 Å². The monoisotopic (exact) mass is 381 g/mol. The molecule has 4 nitrogen and oxygen atoms in total. The minimum Gasteiger partial charge on any atom is -0.496 e. The number of carbonyl (C=O) groups excluding carboxylic acids is 1. The molecule has 1 saturated heterocycles. The highest BCUT2D eigenvalue weighted by atomic mass is 19.1. The molecule has 2 aromatic carbocycles. The van der Waals surface area contributed by atoms with Crippen LogP contribution in [0.3, 0.4) is 0 Å². The normalized spacial score (nSPS) is 20.6. The second kappa shape index (κ2) is 8.05. The summed E-state index contributed by atoms with van der Waals surface area (Å²) in [6.45, 7) is 0.284.